The van der Waals surface area contributed by atoms with Crippen molar-refractivity contribution in [1.29, 1.82) is 0 Å². The highest BCUT2D eigenvalue weighted by atomic mass is 16.7. The topological polar surface area (TPSA) is 79.4 Å². The number of oxime groups is 1. The molecule has 0 bridgehead atoms. The van der Waals surface area contributed by atoms with Gasteiger partial charge in [-0.15, -0.1) is 0 Å². The van der Waals surface area contributed by atoms with E-state index in [0.29, 0.717) is 6.54 Å². The first kappa shape index (κ1) is 17.2. The van der Waals surface area contributed by atoms with Crippen molar-refractivity contribution >= 4 is 11.8 Å². The number of aromatic nitrogens is 2. The van der Waals surface area contributed by atoms with Gasteiger partial charge >= 0.3 is 6.09 Å². The van der Waals surface area contributed by atoms with Gasteiger partial charge in [0.1, 0.15) is 0 Å². The second-order valence-corrected chi connectivity index (χ2v) is 6.24. The quantitative estimate of drug-likeness (QED) is 0.647. The van der Waals surface area contributed by atoms with Crippen LogP contribution in [0, 0.1) is 6.92 Å². The minimum Gasteiger partial charge on any atom is -0.362 e. The molecule has 6 heteroatoms. The molecule has 0 saturated carbocycles. The van der Waals surface area contributed by atoms with Crippen molar-refractivity contribution in [2.75, 3.05) is 6.54 Å². The zero-order valence-electron chi connectivity index (χ0n) is 14.8. The molecule has 0 radical (unpaired) electrons. The summed E-state index contributed by atoms with van der Waals surface area (Å²) in [7, 11) is 0. The molecule has 132 valence electrons. The highest BCUT2D eigenvalue weighted by molar-refractivity contribution is 6.04. The van der Waals surface area contributed by atoms with E-state index in [4.69, 9.17) is 4.84 Å². The minimum absolute atomic E-state index is 0.502. The molecule has 0 atom stereocenters. The molecule has 25 heavy (non-hydrogen) atoms. The van der Waals surface area contributed by atoms with Crippen LogP contribution in [0.15, 0.2) is 29.7 Å². The first-order valence-electron chi connectivity index (χ1n) is 8.80. The molecule has 0 unspecified atom stereocenters. The normalized spacial score (nSPS) is 15.0. The first-order valence-corrected chi connectivity index (χ1v) is 8.80. The molecule has 1 aliphatic rings. The maximum Gasteiger partial charge on any atom is 0.433 e. The number of nitrogens with zero attached hydrogens (tertiary/aromatic N) is 2. The molecule has 1 aliphatic carbocycles. The van der Waals surface area contributed by atoms with Crippen LogP contribution in [0.3, 0.4) is 0 Å². The Morgan fingerprint density at radius 1 is 1.36 bits per heavy atom. The van der Waals surface area contributed by atoms with Gasteiger partial charge in [-0.1, -0.05) is 12.1 Å². The maximum absolute atomic E-state index is 11.9. The number of carbonyl (C=O) groups excluding carboxylic acids is 1. The smallest absolute Gasteiger partial charge is 0.362 e. The molecular formula is C19H24N4O2. The van der Waals surface area contributed by atoms with E-state index in [2.05, 4.69) is 34.3 Å². The highest BCUT2D eigenvalue weighted by Gasteiger charge is 2.23. The van der Waals surface area contributed by atoms with E-state index < -0.39 is 6.09 Å². The lowest BCUT2D eigenvalue weighted by atomic mass is 9.92. The summed E-state index contributed by atoms with van der Waals surface area (Å²) in [5.74, 6) is 0. The molecule has 2 aromatic rings. The Balaban J connectivity index is 1.58. The average Bonchev–Trinajstić information content (AvgIpc) is 2.96. The molecule has 0 aliphatic heterocycles. The van der Waals surface area contributed by atoms with Crippen molar-refractivity contribution < 1.29 is 9.63 Å². The van der Waals surface area contributed by atoms with Gasteiger partial charge in [-0.2, -0.15) is 0 Å². The van der Waals surface area contributed by atoms with E-state index in [1.807, 2.05) is 12.1 Å². The van der Waals surface area contributed by atoms with Gasteiger partial charge in [-0.3, -0.25) is 9.82 Å². The van der Waals surface area contributed by atoms with Gasteiger partial charge in [-0.05, 0) is 62.3 Å². The second kappa shape index (κ2) is 7.96. The predicted octanol–water partition coefficient (Wildman–Crippen LogP) is 3.29. The Morgan fingerprint density at radius 3 is 2.92 bits per heavy atom. The van der Waals surface area contributed by atoms with Crippen molar-refractivity contribution in [2.45, 2.75) is 46.0 Å². The van der Waals surface area contributed by atoms with Crippen LogP contribution in [0.5, 0.6) is 0 Å². The largest absolute Gasteiger partial charge is 0.433 e. The third-order valence-electron chi connectivity index (χ3n) is 4.55. The van der Waals surface area contributed by atoms with Crippen molar-refractivity contribution in [1.82, 2.24) is 15.3 Å². The lowest BCUT2D eigenvalue weighted by Crippen LogP contribution is -2.26. The number of aryl methyl sites for hydroxylation is 2. The van der Waals surface area contributed by atoms with Gasteiger partial charge in [0.05, 0.1) is 5.71 Å². The lowest BCUT2D eigenvalue weighted by Gasteiger charge is -2.15. The summed E-state index contributed by atoms with van der Waals surface area (Å²) in [6.07, 6.45) is 7.51. The number of hydrogen-bond donors (Lipinski definition) is 2. The fourth-order valence-corrected chi connectivity index (χ4v) is 3.35. The van der Waals surface area contributed by atoms with Gasteiger partial charge in [-0.25, -0.2) is 4.79 Å². The Bertz CT molecular complexity index is 765. The van der Waals surface area contributed by atoms with Gasteiger partial charge in [0.25, 0.3) is 0 Å². The van der Waals surface area contributed by atoms with Crippen molar-refractivity contribution in [3.05, 3.63) is 52.6 Å². The number of H-pyrrole nitrogens is 1. The predicted molar refractivity (Wildman–Crippen MR) is 96.8 cm³/mol. The summed E-state index contributed by atoms with van der Waals surface area (Å²) in [5.41, 5.74) is 6.80. The van der Waals surface area contributed by atoms with Crippen LogP contribution in [0.25, 0.3) is 0 Å². The monoisotopic (exact) mass is 340 g/mol. The third kappa shape index (κ3) is 4.07. The molecule has 2 N–H and O–H groups in total. The summed E-state index contributed by atoms with van der Waals surface area (Å²) in [6, 6.07) is 3.86. The van der Waals surface area contributed by atoms with Crippen molar-refractivity contribution in [3.8, 4) is 0 Å². The number of fused-ring (bicyclic) bond motifs is 1. The molecule has 6 nitrogen and oxygen atoms in total. The number of amides is 1. The average molecular weight is 340 g/mol. The third-order valence-corrected chi connectivity index (χ3v) is 4.55. The Morgan fingerprint density at radius 2 is 2.16 bits per heavy atom. The number of aromatic amines is 1. The minimum atomic E-state index is -0.515. The van der Waals surface area contributed by atoms with Crippen LogP contribution < -0.4 is 5.32 Å². The number of pyridine rings is 1. The molecule has 0 aromatic carbocycles. The first-order chi connectivity index (χ1) is 12.2. The standard InChI is InChI=1S/C19H24N4O2/c1-3-15-13(2)22-16-5-4-6-17(18(15)16)23-25-19(24)21-12-9-14-7-10-20-11-8-14/h7-8,10-11,22H,3-6,9,12H2,1-2H3,(H,21,24)/b23-17+. The fraction of sp³-hybridized carbons (Fsp3) is 0.421. The Labute approximate surface area is 147 Å². The molecule has 2 aromatic heterocycles. The van der Waals surface area contributed by atoms with Crippen LogP contribution in [0.1, 0.15) is 47.8 Å². The van der Waals surface area contributed by atoms with E-state index in [-0.39, 0.29) is 0 Å². The van der Waals surface area contributed by atoms with E-state index in [9.17, 15) is 4.79 Å². The van der Waals surface area contributed by atoms with E-state index in [0.717, 1.165) is 48.9 Å². The van der Waals surface area contributed by atoms with Crippen molar-refractivity contribution in [2.24, 2.45) is 5.16 Å². The Kier molecular flexibility index (Phi) is 5.48. The summed E-state index contributed by atoms with van der Waals surface area (Å²) >= 11 is 0. The molecule has 2 heterocycles. The summed E-state index contributed by atoms with van der Waals surface area (Å²) in [5, 5.41) is 6.88. The van der Waals surface area contributed by atoms with E-state index in [1.165, 1.54) is 17.0 Å². The van der Waals surface area contributed by atoms with Gasteiger partial charge in [0, 0.05) is 35.9 Å². The summed E-state index contributed by atoms with van der Waals surface area (Å²) in [6.45, 7) is 4.72. The van der Waals surface area contributed by atoms with Gasteiger partial charge < -0.3 is 10.3 Å². The van der Waals surface area contributed by atoms with E-state index >= 15 is 0 Å². The van der Waals surface area contributed by atoms with Crippen LogP contribution >= 0.6 is 0 Å². The number of carbonyl (C=O) groups is 1. The van der Waals surface area contributed by atoms with Gasteiger partial charge in [0.2, 0.25) is 0 Å². The number of nitrogens with one attached hydrogen (secondary N) is 2. The van der Waals surface area contributed by atoms with Gasteiger partial charge in [0.15, 0.2) is 0 Å². The highest BCUT2D eigenvalue weighted by Crippen LogP contribution is 2.27. The van der Waals surface area contributed by atoms with E-state index in [1.54, 1.807) is 12.4 Å². The summed E-state index contributed by atoms with van der Waals surface area (Å²) in [4.78, 5) is 24.4. The lowest BCUT2D eigenvalue weighted by molar-refractivity contribution is 0.150. The maximum atomic E-state index is 11.9. The summed E-state index contributed by atoms with van der Waals surface area (Å²) < 4.78 is 0. The number of hydrogen-bond acceptors (Lipinski definition) is 4. The Hall–Kier alpha value is -2.63. The second-order valence-electron chi connectivity index (χ2n) is 6.24. The molecule has 3 rings (SSSR count). The van der Waals surface area contributed by atoms with Crippen LogP contribution in [-0.2, 0) is 24.1 Å². The molecular weight excluding hydrogens is 316 g/mol. The molecule has 0 saturated heterocycles. The zero-order valence-corrected chi connectivity index (χ0v) is 14.8. The fourth-order valence-electron chi connectivity index (χ4n) is 3.35. The zero-order chi connectivity index (χ0) is 17.6. The molecule has 0 spiro atoms. The van der Waals surface area contributed by atoms with Crippen LogP contribution in [0.2, 0.25) is 0 Å². The SMILES string of the molecule is CCc1c(C)[nH]c2c1/C(=N/OC(=O)NCCc1ccncc1)CCC2. The van der Waals surface area contributed by atoms with Crippen molar-refractivity contribution in [3.63, 3.8) is 0 Å². The van der Waals surface area contributed by atoms with Crippen LogP contribution in [0.4, 0.5) is 4.79 Å². The number of rotatable bonds is 5. The molecule has 1 amide bonds. The molecule has 0 fully saturated rings. The van der Waals surface area contributed by atoms with Crippen LogP contribution in [-0.4, -0.2) is 28.3 Å².